The van der Waals surface area contributed by atoms with Crippen molar-refractivity contribution in [2.24, 2.45) is 5.92 Å². The fraction of sp³-hybridized carbons (Fsp3) is 0.417. The van der Waals surface area contributed by atoms with Gasteiger partial charge in [-0.3, -0.25) is 0 Å². The molecule has 0 spiro atoms. The van der Waals surface area contributed by atoms with Gasteiger partial charge in [-0.1, -0.05) is 30.7 Å². The van der Waals surface area contributed by atoms with E-state index in [9.17, 15) is 0 Å². The number of rotatable bonds is 1. The molecule has 88 valence electrons. The van der Waals surface area contributed by atoms with Crippen LogP contribution in [0.1, 0.15) is 31.2 Å². The molecule has 0 bridgehead atoms. The van der Waals surface area contributed by atoms with Crippen LogP contribution in [0.5, 0.6) is 0 Å². The zero-order chi connectivity index (χ0) is 12.1. The number of halogens is 1. The molecular weight excluding hydrogens is 228 g/mol. The van der Waals surface area contributed by atoms with E-state index in [-0.39, 0.29) is 0 Å². The van der Waals surface area contributed by atoms with Crippen LogP contribution in [-0.2, 0) is 0 Å². The number of benzene rings is 1. The van der Waals surface area contributed by atoms with Crippen molar-refractivity contribution in [2.75, 3.05) is 0 Å². The number of carbonyl (C=O) groups is 1. The Hall–Kier alpha value is -1.22. The molecule has 2 N–H and O–H groups in total. The number of hydrogen-bond donors (Lipinski definition) is 2. The van der Waals surface area contributed by atoms with Crippen LogP contribution >= 0.6 is 11.6 Å². The third-order valence-electron chi connectivity index (χ3n) is 2.92. The van der Waals surface area contributed by atoms with Crippen molar-refractivity contribution in [3.8, 4) is 0 Å². The fourth-order valence-corrected chi connectivity index (χ4v) is 2.00. The van der Waals surface area contributed by atoms with E-state index >= 15 is 0 Å². The first-order valence-corrected chi connectivity index (χ1v) is 5.56. The summed E-state index contributed by atoms with van der Waals surface area (Å²) in [5.74, 6) is 1.66. The summed E-state index contributed by atoms with van der Waals surface area (Å²) < 4.78 is 0. The van der Waals surface area contributed by atoms with Gasteiger partial charge in [-0.05, 0) is 42.4 Å². The van der Waals surface area contributed by atoms with Gasteiger partial charge in [0.1, 0.15) is 0 Å². The highest BCUT2D eigenvalue weighted by atomic mass is 35.5. The third kappa shape index (κ3) is 3.74. The van der Waals surface area contributed by atoms with E-state index in [0.717, 1.165) is 16.9 Å². The molecule has 0 radical (unpaired) electrons. The van der Waals surface area contributed by atoms with Crippen molar-refractivity contribution in [1.82, 2.24) is 0 Å². The van der Waals surface area contributed by atoms with Gasteiger partial charge in [0.05, 0.1) is 0 Å². The molecule has 16 heavy (non-hydrogen) atoms. The maximum Gasteiger partial charge on any atom is 0.503 e. The molecule has 2 unspecified atom stereocenters. The summed E-state index contributed by atoms with van der Waals surface area (Å²) >= 11 is 5.81. The van der Waals surface area contributed by atoms with Gasteiger partial charge in [-0.25, -0.2) is 4.79 Å². The summed E-state index contributed by atoms with van der Waals surface area (Å²) in [6, 6.07) is 8.29. The average molecular weight is 243 g/mol. The fourth-order valence-electron chi connectivity index (χ4n) is 1.87. The second-order valence-corrected chi connectivity index (χ2v) is 4.43. The van der Waals surface area contributed by atoms with E-state index in [2.05, 4.69) is 19.1 Å². The molecule has 0 aliphatic heterocycles. The van der Waals surface area contributed by atoms with Crippen LogP contribution in [0.2, 0.25) is 5.02 Å². The lowest BCUT2D eigenvalue weighted by Gasteiger charge is -2.34. The van der Waals surface area contributed by atoms with E-state index < -0.39 is 6.16 Å². The van der Waals surface area contributed by atoms with Gasteiger partial charge in [-0.15, -0.1) is 0 Å². The van der Waals surface area contributed by atoms with E-state index in [0.29, 0.717) is 0 Å². The maximum atomic E-state index is 8.56. The number of hydrogen-bond acceptors (Lipinski definition) is 1. The van der Waals surface area contributed by atoms with Crippen LogP contribution in [-0.4, -0.2) is 16.4 Å². The summed E-state index contributed by atoms with van der Waals surface area (Å²) in [4.78, 5) is 8.56. The molecule has 1 aromatic carbocycles. The van der Waals surface area contributed by atoms with Crippen molar-refractivity contribution < 1.29 is 15.0 Å². The SMILES string of the molecule is CC1CCC1c1ccc(Cl)cc1.O=C(O)O. The molecule has 0 heterocycles. The highest BCUT2D eigenvalue weighted by Gasteiger charge is 2.27. The minimum absolute atomic E-state index is 0.794. The standard InChI is InChI=1S/C11H13Cl.CH2O3/c1-8-2-7-11(8)9-3-5-10(12)6-4-9;2-1(3)4/h3-6,8,11H,2,7H2,1H3;(H2,2,3,4). The molecular formula is C12H15ClO3. The topological polar surface area (TPSA) is 57.5 Å². The Kier molecular flexibility index (Phi) is 4.62. The molecule has 1 aliphatic rings. The van der Waals surface area contributed by atoms with E-state index in [1.54, 1.807) is 0 Å². The Balaban J connectivity index is 0.000000280. The van der Waals surface area contributed by atoms with Gasteiger partial charge >= 0.3 is 6.16 Å². The molecule has 4 heteroatoms. The lowest BCUT2D eigenvalue weighted by Crippen LogP contribution is -2.20. The van der Waals surface area contributed by atoms with Crippen LogP contribution in [0.25, 0.3) is 0 Å². The van der Waals surface area contributed by atoms with Crippen molar-refractivity contribution in [1.29, 1.82) is 0 Å². The Morgan fingerprint density at radius 1 is 1.25 bits per heavy atom. The summed E-state index contributed by atoms with van der Waals surface area (Å²) in [6.07, 6.45) is 0.899. The summed E-state index contributed by atoms with van der Waals surface area (Å²) in [5.41, 5.74) is 1.46. The molecule has 1 aromatic rings. The quantitative estimate of drug-likeness (QED) is 0.780. The first-order valence-electron chi connectivity index (χ1n) is 5.18. The van der Waals surface area contributed by atoms with Crippen molar-refractivity contribution >= 4 is 17.8 Å². The second kappa shape index (κ2) is 5.75. The smallest absolute Gasteiger partial charge is 0.450 e. The second-order valence-electron chi connectivity index (χ2n) is 4.00. The Morgan fingerprint density at radius 2 is 1.75 bits per heavy atom. The van der Waals surface area contributed by atoms with Crippen molar-refractivity contribution in [3.63, 3.8) is 0 Å². The minimum atomic E-state index is -1.83. The third-order valence-corrected chi connectivity index (χ3v) is 3.17. The maximum absolute atomic E-state index is 8.56. The van der Waals surface area contributed by atoms with Crippen LogP contribution in [0.3, 0.4) is 0 Å². The molecule has 2 atom stereocenters. The Morgan fingerprint density at radius 3 is 2.06 bits per heavy atom. The molecule has 1 fully saturated rings. The van der Waals surface area contributed by atoms with Crippen molar-refractivity contribution in [2.45, 2.75) is 25.7 Å². The van der Waals surface area contributed by atoms with E-state index in [4.69, 9.17) is 26.6 Å². The lowest BCUT2D eigenvalue weighted by atomic mass is 9.71. The molecule has 3 nitrogen and oxygen atoms in total. The largest absolute Gasteiger partial charge is 0.503 e. The van der Waals surface area contributed by atoms with Crippen molar-refractivity contribution in [3.05, 3.63) is 34.9 Å². The van der Waals surface area contributed by atoms with Gasteiger partial charge in [0.25, 0.3) is 0 Å². The first-order chi connectivity index (χ1) is 7.50. The highest BCUT2D eigenvalue weighted by molar-refractivity contribution is 6.30. The molecule has 0 aromatic heterocycles. The van der Waals surface area contributed by atoms with Crippen LogP contribution in [0.15, 0.2) is 24.3 Å². The monoisotopic (exact) mass is 242 g/mol. The lowest BCUT2D eigenvalue weighted by molar-refractivity contribution is 0.137. The van der Waals surface area contributed by atoms with E-state index in [1.807, 2.05) is 12.1 Å². The van der Waals surface area contributed by atoms with Gasteiger partial charge in [0.15, 0.2) is 0 Å². The molecule has 1 saturated carbocycles. The number of carboxylic acid groups (broad SMARTS) is 2. The van der Waals surface area contributed by atoms with Crippen LogP contribution in [0, 0.1) is 5.92 Å². The molecule has 0 saturated heterocycles. The minimum Gasteiger partial charge on any atom is -0.450 e. The Labute approximate surface area is 99.7 Å². The molecule has 2 rings (SSSR count). The van der Waals surface area contributed by atoms with Gasteiger partial charge < -0.3 is 10.2 Å². The highest BCUT2D eigenvalue weighted by Crippen LogP contribution is 2.41. The van der Waals surface area contributed by atoms with Crippen LogP contribution < -0.4 is 0 Å². The average Bonchev–Trinajstić information content (AvgIpc) is 2.18. The molecule has 0 amide bonds. The van der Waals surface area contributed by atoms with Crippen LogP contribution in [0.4, 0.5) is 4.79 Å². The van der Waals surface area contributed by atoms with Gasteiger partial charge in [-0.2, -0.15) is 0 Å². The predicted octanol–water partition coefficient (Wildman–Crippen LogP) is 4.08. The summed E-state index contributed by atoms with van der Waals surface area (Å²) in [7, 11) is 0. The molecule has 1 aliphatic carbocycles. The first kappa shape index (κ1) is 12.8. The normalized spacial score (nSPS) is 22.6. The summed E-state index contributed by atoms with van der Waals surface area (Å²) in [5, 5.41) is 14.8. The Bertz CT molecular complexity index is 344. The van der Waals surface area contributed by atoms with E-state index in [1.165, 1.54) is 18.4 Å². The van der Waals surface area contributed by atoms with Gasteiger partial charge in [0.2, 0.25) is 0 Å². The zero-order valence-corrected chi connectivity index (χ0v) is 9.81. The zero-order valence-electron chi connectivity index (χ0n) is 9.06. The van der Waals surface area contributed by atoms with Gasteiger partial charge in [0, 0.05) is 5.02 Å². The summed E-state index contributed by atoms with van der Waals surface area (Å²) in [6.45, 7) is 2.32. The predicted molar refractivity (Wildman–Crippen MR) is 63.2 cm³/mol.